The van der Waals surface area contributed by atoms with E-state index < -0.39 is 5.91 Å². The predicted molar refractivity (Wildman–Crippen MR) is 230 cm³/mol. The summed E-state index contributed by atoms with van der Waals surface area (Å²) in [6, 6.07) is 31.0. The first-order valence-corrected chi connectivity index (χ1v) is 19.6. The van der Waals surface area contributed by atoms with E-state index in [1.807, 2.05) is 76.7 Å². The van der Waals surface area contributed by atoms with Crippen molar-refractivity contribution in [2.75, 3.05) is 34.5 Å². The van der Waals surface area contributed by atoms with Crippen molar-refractivity contribution in [1.29, 1.82) is 0 Å². The summed E-state index contributed by atoms with van der Waals surface area (Å²) in [6.07, 6.45) is 3.19. The van der Waals surface area contributed by atoms with E-state index in [-0.39, 0.29) is 27.8 Å². The molecule has 0 spiro atoms. The fraction of sp³-hybridized carbons (Fsp3) is 0.182. The smallest absolute Gasteiger partial charge is 0.282 e. The van der Waals surface area contributed by atoms with Crippen molar-refractivity contribution in [3.63, 3.8) is 0 Å². The third-order valence-electron chi connectivity index (χ3n) is 9.20. The van der Waals surface area contributed by atoms with Crippen LogP contribution in [0.15, 0.2) is 134 Å². The van der Waals surface area contributed by atoms with Crippen LogP contribution in [0.2, 0.25) is 0 Å². The Morgan fingerprint density at radius 3 is 1.74 bits per heavy atom. The average Bonchev–Trinajstić information content (AvgIpc) is 3.23. The molecule has 3 aromatic carbocycles. The van der Waals surface area contributed by atoms with Gasteiger partial charge in [-0.2, -0.15) is 0 Å². The van der Waals surface area contributed by atoms with Crippen LogP contribution >= 0.6 is 31.9 Å². The van der Waals surface area contributed by atoms with Crippen LogP contribution in [-0.4, -0.2) is 70.3 Å². The fourth-order valence-corrected chi connectivity index (χ4v) is 7.05. The van der Waals surface area contributed by atoms with Gasteiger partial charge in [0, 0.05) is 42.9 Å². The molecular weight excluding hydrogens is 870 g/mol. The van der Waals surface area contributed by atoms with Crippen molar-refractivity contribution < 1.29 is 23.9 Å². The number of carbonyl (C=O) groups excluding carboxylic acids is 2. The maximum atomic E-state index is 13.4. The van der Waals surface area contributed by atoms with Gasteiger partial charge in [0.05, 0.1) is 54.8 Å². The highest BCUT2D eigenvalue weighted by molar-refractivity contribution is 9.10. The normalized spacial score (nSPS) is 10.9. The van der Waals surface area contributed by atoms with Gasteiger partial charge in [-0.3, -0.25) is 24.0 Å². The number of rotatable bonds is 12. The van der Waals surface area contributed by atoms with Crippen molar-refractivity contribution >= 4 is 65.4 Å². The van der Waals surface area contributed by atoms with Crippen molar-refractivity contribution in [2.24, 2.45) is 0 Å². The number of aromatic nitrogens is 4. The van der Waals surface area contributed by atoms with E-state index in [0.717, 1.165) is 42.3 Å². The van der Waals surface area contributed by atoms with Gasteiger partial charge in [-0.1, -0.05) is 36.4 Å². The van der Waals surface area contributed by atoms with E-state index in [9.17, 15) is 19.2 Å². The van der Waals surface area contributed by atoms with Crippen LogP contribution in [-0.2, 0) is 22.7 Å². The van der Waals surface area contributed by atoms with Gasteiger partial charge in [0.2, 0.25) is 10.9 Å². The summed E-state index contributed by atoms with van der Waals surface area (Å²) < 4.78 is 15.9. The molecule has 0 N–H and O–H groups in total. The third-order valence-corrected chi connectivity index (χ3v) is 10.1. The Labute approximate surface area is 350 Å². The molecule has 12 nitrogen and oxygen atoms in total. The number of pyridine rings is 4. The van der Waals surface area contributed by atoms with Crippen molar-refractivity contribution in [2.45, 2.75) is 20.0 Å². The van der Waals surface area contributed by atoms with Crippen LogP contribution < -0.4 is 15.6 Å². The van der Waals surface area contributed by atoms with Gasteiger partial charge < -0.3 is 18.6 Å². The minimum Gasteiger partial charge on any atom is -0.491 e. The number of ketones is 1. The Morgan fingerprint density at radius 1 is 0.690 bits per heavy atom. The minimum absolute atomic E-state index is 0.0537. The Bertz CT molecular complexity index is 2750. The molecule has 296 valence electrons. The van der Waals surface area contributed by atoms with Crippen LogP contribution in [0.1, 0.15) is 43.2 Å². The number of hydroxylamine groups is 2. The first-order valence-electron chi connectivity index (χ1n) is 18.1. The molecule has 0 atom stereocenters. The highest BCUT2D eigenvalue weighted by atomic mass is 79.9. The molecule has 0 aliphatic heterocycles. The second-order valence-corrected chi connectivity index (χ2v) is 14.7. The number of benzene rings is 3. The molecule has 7 aromatic rings. The monoisotopic (exact) mass is 907 g/mol. The molecule has 0 aliphatic carbocycles. The third kappa shape index (κ3) is 9.65. The molecule has 4 heterocycles. The van der Waals surface area contributed by atoms with E-state index >= 15 is 0 Å². The number of amides is 1. The van der Waals surface area contributed by atoms with E-state index in [4.69, 9.17) is 14.3 Å². The standard InChI is InChI=1S/C26H23BrN2O4.C18H16BrN3O3/c1-17-14-18(10-11-23(17)33-13-12-32-2)25(30)21-16-29(15-19-6-5-9-24(27)28-19)22-8-4-3-7-20(22)26(21)31;1-21(25-2)18(24)14-11-22(10-12-6-5-9-16(19)20-12)15-8-4-3-7-13(15)17(14)23/h3-11,14,16H,12-13,15H2,1-2H3;3-9,11H,10H2,1-2H3. The fourth-order valence-electron chi connectivity index (χ4n) is 6.29. The van der Waals surface area contributed by atoms with Crippen molar-refractivity contribution in [3.05, 3.63) is 179 Å². The van der Waals surface area contributed by atoms with E-state index in [1.54, 1.807) is 62.0 Å². The number of nitrogens with zero attached hydrogens (tertiary/aromatic N) is 5. The molecule has 4 aromatic heterocycles. The molecule has 0 saturated heterocycles. The summed E-state index contributed by atoms with van der Waals surface area (Å²) in [7, 11) is 4.46. The Morgan fingerprint density at radius 2 is 1.22 bits per heavy atom. The Balaban J connectivity index is 0.000000203. The second kappa shape index (κ2) is 19.1. The van der Waals surface area contributed by atoms with E-state index in [2.05, 4.69) is 41.8 Å². The molecule has 1 amide bonds. The number of methoxy groups -OCH3 is 1. The number of para-hydroxylation sites is 2. The van der Waals surface area contributed by atoms with Gasteiger partial charge in [0.25, 0.3) is 5.91 Å². The van der Waals surface area contributed by atoms with Crippen molar-refractivity contribution in [1.82, 2.24) is 24.2 Å². The van der Waals surface area contributed by atoms with Gasteiger partial charge in [-0.05, 0) is 111 Å². The van der Waals surface area contributed by atoms with Crippen LogP contribution in [0.5, 0.6) is 5.75 Å². The zero-order valence-corrected chi connectivity index (χ0v) is 35.3. The summed E-state index contributed by atoms with van der Waals surface area (Å²) in [5, 5.41) is 2.01. The first-order chi connectivity index (χ1) is 28.0. The van der Waals surface area contributed by atoms with Crippen LogP contribution in [0.3, 0.4) is 0 Å². The molecule has 0 aliphatic rings. The number of carbonyl (C=O) groups is 2. The summed E-state index contributed by atoms with van der Waals surface area (Å²) in [5.41, 5.74) is 3.93. The van der Waals surface area contributed by atoms with Gasteiger partial charge >= 0.3 is 0 Å². The lowest BCUT2D eigenvalue weighted by atomic mass is 10.0. The topological polar surface area (TPSA) is 135 Å². The SMILES string of the molecule is COCCOc1ccc(C(=O)c2cn(Cc3cccc(Br)n3)c3ccccc3c2=O)cc1C.CON(C)C(=O)c1cn(Cc2cccc(Br)n2)c2ccccc2c1=O. The van der Waals surface area contributed by atoms with Crippen LogP contribution in [0.25, 0.3) is 21.8 Å². The number of ether oxygens (including phenoxy) is 2. The minimum atomic E-state index is -0.491. The zero-order valence-electron chi connectivity index (χ0n) is 32.1. The van der Waals surface area contributed by atoms with Crippen LogP contribution in [0.4, 0.5) is 0 Å². The van der Waals surface area contributed by atoms with Crippen molar-refractivity contribution in [3.8, 4) is 5.75 Å². The predicted octanol–water partition coefficient (Wildman–Crippen LogP) is 7.61. The molecule has 7 rings (SSSR count). The maximum Gasteiger partial charge on any atom is 0.282 e. The number of aryl methyl sites for hydroxylation is 1. The lowest BCUT2D eigenvalue weighted by Gasteiger charge is -2.16. The molecular formula is C44H39Br2N5O7. The van der Waals surface area contributed by atoms with Gasteiger partial charge in [0.15, 0.2) is 5.78 Å². The first kappa shape index (κ1) is 41.8. The summed E-state index contributed by atoms with van der Waals surface area (Å²) in [6.45, 7) is 3.62. The van der Waals surface area contributed by atoms with Gasteiger partial charge in [-0.15, -0.1) is 0 Å². The maximum absolute atomic E-state index is 13.4. The Kier molecular flexibility index (Phi) is 13.8. The summed E-state index contributed by atoms with van der Waals surface area (Å²) in [5.74, 6) is -0.136. The molecule has 0 fully saturated rings. The largest absolute Gasteiger partial charge is 0.491 e. The van der Waals surface area contributed by atoms with E-state index in [1.165, 1.54) is 14.2 Å². The zero-order chi connectivity index (χ0) is 41.3. The Hall–Kier alpha value is -5.80. The molecule has 0 bridgehead atoms. The summed E-state index contributed by atoms with van der Waals surface area (Å²) in [4.78, 5) is 65.6. The lowest BCUT2D eigenvalue weighted by Crippen LogP contribution is -2.31. The molecule has 0 saturated carbocycles. The quantitative estimate of drug-likeness (QED) is 0.0526. The summed E-state index contributed by atoms with van der Waals surface area (Å²) >= 11 is 6.75. The molecule has 14 heteroatoms. The molecule has 0 unspecified atom stereocenters. The highest BCUT2D eigenvalue weighted by Crippen LogP contribution is 2.22. The second-order valence-electron chi connectivity index (χ2n) is 13.1. The van der Waals surface area contributed by atoms with Gasteiger partial charge in [0.1, 0.15) is 27.1 Å². The lowest BCUT2D eigenvalue weighted by molar-refractivity contribution is -0.0758. The van der Waals surface area contributed by atoms with Crippen LogP contribution in [0, 0.1) is 6.92 Å². The number of hydrogen-bond acceptors (Lipinski definition) is 9. The molecule has 58 heavy (non-hydrogen) atoms. The number of hydrogen-bond donors (Lipinski definition) is 0. The molecule has 0 radical (unpaired) electrons. The highest BCUT2D eigenvalue weighted by Gasteiger charge is 2.20. The number of fused-ring (bicyclic) bond motifs is 2. The van der Waals surface area contributed by atoms with E-state index in [0.29, 0.717) is 48.4 Å². The van der Waals surface area contributed by atoms with Gasteiger partial charge in [-0.25, -0.2) is 15.0 Å². The number of halogens is 2. The average molecular weight is 910 g/mol.